The summed E-state index contributed by atoms with van der Waals surface area (Å²) in [6, 6.07) is 8.07. The molecule has 0 saturated carbocycles. The van der Waals surface area contributed by atoms with Gasteiger partial charge >= 0.3 is 6.18 Å². The zero-order chi connectivity index (χ0) is 21.6. The molecule has 0 aliphatic heterocycles. The zero-order valence-electron chi connectivity index (χ0n) is 17.3. The van der Waals surface area contributed by atoms with Crippen molar-refractivity contribution in [2.24, 2.45) is 0 Å². The average molecular weight is 433 g/mol. The number of rotatable bonds is 5. The molecule has 1 N–H and O–H groups in total. The molecule has 2 aromatic heterocycles. The van der Waals surface area contributed by atoms with Crippen LogP contribution in [0.1, 0.15) is 47.0 Å². The van der Waals surface area contributed by atoms with Crippen molar-refractivity contribution in [1.29, 1.82) is 0 Å². The van der Waals surface area contributed by atoms with Gasteiger partial charge in [0.25, 0.3) is 0 Å². The number of halogens is 3. The number of nitrogens with zero attached hydrogens (tertiary/aromatic N) is 1. The molecule has 0 aliphatic rings. The van der Waals surface area contributed by atoms with E-state index in [9.17, 15) is 13.2 Å². The molecular formula is C23H23F3N2OS. The van der Waals surface area contributed by atoms with Gasteiger partial charge in [-0.1, -0.05) is 25.1 Å². The molecular weight excluding hydrogens is 409 g/mol. The van der Waals surface area contributed by atoms with E-state index in [2.05, 4.69) is 30.4 Å². The van der Waals surface area contributed by atoms with Crippen LogP contribution < -0.4 is 5.32 Å². The number of aryl methyl sites for hydroxylation is 3. The van der Waals surface area contributed by atoms with Crippen LogP contribution in [-0.2, 0) is 19.0 Å². The smallest absolute Gasteiger partial charge is 0.388 e. The molecule has 158 valence electrons. The maximum atomic E-state index is 13.1. The first-order chi connectivity index (χ1) is 14.2. The van der Waals surface area contributed by atoms with Gasteiger partial charge < -0.3 is 9.84 Å². The second kappa shape index (κ2) is 7.61. The van der Waals surface area contributed by atoms with Gasteiger partial charge in [-0.3, -0.25) is 0 Å². The lowest BCUT2D eigenvalue weighted by Gasteiger charge is -2.09. The van der Waals surface area contributed by atoms with Crippen LogP contribution in [0.15, 0.2) is 34.9 Å². The fraction of sp³-hybridized carbons (Fsp3) is 0.348. The van der Waals surface area contributed by atoms with E-state index in [1.165, 1.54) is 23.5 Å². The fourth-order valence-corrected chi connectivity index (χ4v) is 5.39. The standard InChI is InChI=1S/C23H23F3N2OS/c1-12(2)22-15-6-5-14(23(24,25)26)10-21(15)30-20(22)8-7-17-16-9-13(3)18(27-4)11-19(16)29-28-17/h5-6,9-12,27H,7-8H2,1-4H3. The molecule has 4 rings (SSSR count). The number of hydrogen-bond acceptors (Lipinski definition) is 4. The Labute approximate surface area is 176 Å². The van der Waals surface area contributed by atoms with Crippen LogP contribution in [0.4, 0.5) is 18.9 Å². The lowest BCUT2D eigenvalue weighted by Crippen LogP contribution is -2.03. The Balaban J connectivity index is 1.69. The Hall–Kier alpha value is -2.54. The highest BCUT2D eigenvalue weighted by molar-refractivity contribution is 7.19. The third-order valence-corrected chi connectivity index (χ3v) is 6.69. The van der Waals surface area contributed by atoms with E-state index in [1.807, 2.05) is 20.0 Å². The molecule has 7 heteroatoms. The van der Waals surface area contributed by atoms with E-state index in [0.717, 1.165) is 43.7 Å². The number of aromatic nitrogens is 1. The molecule has 0 spiro atoms. The lowest BCUT2D eigenvalue weighted by molar-refractivity contribution is -0.137. The molecule has 0 unspecified atom stereocenters. The van der Waals surface area contributed by atoms with Gasteiger partial charge in [0, 0.05) is 33.8 Å². The van der Waals surface area contributed by atoms with Crippen molar-refractivity contribution in [2.75, 3.05) is 12.4 Å². The topological polar surface area (TPSA) is 38.1 Å². The van der Waals surface area contributed by atoms with Gasteiger partial charge in [0.2, 0.25) is 0 Å². The monoisotopic (exact) mass is 432 g/mol. The second-order valence-corrected chi connectivity index (χ2v) is 8.98. The van der Waals surface area contributed by atoms with Crippen molar-refractivity contribution in [3.63, 3.8) is 0 Å². The quantitative estimate of drug-likeness (QED) is 0.359. The molecule has 0 amide bonds. The molecule has 3 nitrogen and oxygen atoms in total. The molecule has 0 aliphatic carbocycles. The SMILES string of the molecule is CNc1cc2onc(CCc3sc4cc(C(F)(F)F)ccc4c3C(C)C)c2cc1C. The first kappa shape index (κ1) is 20.7. The minimum atomic E-state index is -4.33. The number of nitrogens with one attached hydrogen (secondary N) is 1. The second-order valence-electron chi connectivity index (χ2n) is 7.84. The predicted molar refractivity (Wildman–Crippen MR) is 117 cm³/mol. The van der Waals surface area contributed by atoms with Crippen molar-refractivity contribution >= 4 is 38.1 Å². The van der Waals surface area contributed by atoms with Gasteiger partial charge in [0.1, 0.15) is 0 Å². The third kappa shape index (κ3) is 3.67. The van der Waals surface area contributed by atoms with E-state index >= 15 is 0 Å². The molecule has 4 aromatic rings. The highest BCUT2D eigenvalue weighted by atomic mass is 32.1. The molecule has 2 heterocycles. The van der Waals surface area contributed by atoms with Gasteiger partial charge in [0.05, 0.1) is 11.3 Å². The Kier molecular flexibility index (Phi) is 5.26. The number of fused-ring (bicyclic) bond motifs is 2. The zero-order valence-corrected chi connectivity index (χ0v) is 18.1. The van der Waals surface area contributed by atoms with E-state index in [0.29, 0.717) is 17.5 Å². The molecule has 30 heavy (non-hydrogen) atoms. The summed E-state index contributed by atoms with van der Waals surface area (Å²) in [5, 5.41) is 9.29. The maximum Gasteiger partial charge on any atom is 0.416 e. The van der Waals surface area contributed by atoms with Crippen LogP contribution in [0.25, 0.3) is 21.1 Å². The molecule has 0 saturated heterocycles. The summed E-state index contributed by atoms with van der Waals surface area (Å²) in [6.45, 7) is 6.19. The fourth-order valence-electron chi connectivity index (χ4n) is 3.99. The minimum Gasteiger partial charge on any atom is -0.388 e. The number of alkyl halides is 3. The molecule has 0 radical (unpaired) electrons. The summed E-state index contributed by atoms with van der Waals surface area (Å²) in [5.74, 6) is 0.222. The van der Waals surface area contributed by atoms with E-state index in [-0.39, 0.29) is 5.92 Å². The number of anilines is 1. The summed E-state index contributed by atoms with van der Waals surface area (Å²) < 4.78 is 45.6. The Morgan fingerprint density at radius 1 is 1.10 bits per heavy atom. The van der Waals surface area contributed by atoms with Crippen molar-refractivity contribution in [3.8, 4) is 0 Å². The van der Waals surface area contributed by atoms with Crippen LogP contribution in [0.5, 0.6) is 0 Å². The van der Waals surface area contributed by atoms with Crippen molar-refractivity contribution < 1.29 is 17.7 Å². The van der Waals surface area contributed by atoms with E-state index < -0.39 is 11.7 Å². The van der Waals surface area contributed by atoms with Gasteiger partial charge in [-0.15, -0.1) is 11.3 Å². The van der Waals surface area contributed by atoms with Crippen molar-refractivity contribution in [2.45, 2.75) is 45.7 Å². The predicted octanol–water partition coefficient (Wildman–Crippen LogP) is 7.32. The van der Waals surface area contributed by atoms with Gasteiger partial charge in [-0.05, 0) is 60.4 Å². The summed E-state index contributed by atoms with van der Waals surface area (Å²) in [6.07, 6.45) is -2.95. The molecule has 0 fully saturated rings. The highest BCUT2D eigenvalue weighted by Crippen LogP contribution is 2.40. The van der Waals surface area contributed by atoms with E-state index in [1.54, 1.807) is 6.07 Å². The lowest BCUT2D eigenvalue weighted by atomic mass is 9.96. The Bertz CT molecular complexity index is 1220. The Morgan fingerprint density at radius 3 is 2.53 bits per heavy atom. The largest absolute Gasteiger partial charge is 0.416 e. The van der Waals surface area contributed by atoms with Gasteiger partial charge in [-0.25, -0.2) is 0 Å². The maximum absolute atomic E-state index is 13.1. The summed E-state index contributed by atoms with van der Waals surface area (Å²) in [4.78, 5) is 1.11. The van der Waals surface area contributed by atoms with E-state index in [4.69, 9.17) is 4.52 Å². The third-order valence-electron chi connectivity index (χ3n) is 5.46. The number of hydrogen-bond donors (Lipinski definition) is 1. The molecule has 0 bridgehead atoms. The van der Waals surface area contributed by atoms with Crippen LogP contribution in [0, 0.1) is 6.92 Å². The van der Waals surface area contributed by atoms with Gasteiger partial charge in [0.15, 0.2) is 5.58 Å². The van der Waals surface area contributed by atoms with Crippen molar-refractivity contribution in [1.82, 2.24) is 5.16 Å². The first-order valence-electron chi connectivity index (χ1n) is 9.88. The van der Waals surface area contributed by atoms with Crippen LogP contribution in [0.2, 0.25) is 0 Å². The summed E-state index contributed by atoms with van der Waals surface area (Å²) in [7, 11) is 1.87. The van der Waals surface area contributed by atoms with Gasteiger partial charge in [-0.2, -0.15) is 13.2 Å². The van der Waals surface area contributed by atoms with Crippen molar-refractivity contribution in [3.05, 3.63) is 57.6 Å². The van der Waals surface area contributed by atoms with Crippen LogP contribution >= 0.6 is 11.3 Å². The van der Waals surface area contributed by atoms with Crippen LogP contribution in [0.3, 0.4) is 0 Å². The average Bonchev–Trinajstić information content (AvgIpc) is 3.24. The molecule has 0 atom stereocenters. The normalized spacial score (nSPS) is 12.4. The van der Waals surface area contributed by atoms with Crippen LogP contribution in [-0.4, -0.2) is 12.2 Å². The first-order valence-corrected chi connectivity index (χ1v) is 10.7. The highest BCUT2D eigenvalue weighted by Gasteiger charge is 2.31. The summed E-state index contributed by atoms with van der Waals surface area (Å²) >= 11 is 1.45. The number of benzene rings is 2. The Morgan fingerprint density at radius 2 is 1.87 bits per heavy atom. The number of thiophene rings is 1. The summed E-state index contributed by atoms with van der Waals surface area (Å²) in [5.41, 5.74) is 4.24. The molecule has 2 aromatic carbocycles. The minimum absolute atomic E-state index is 0.222.